The molecule has 0 amide bonds. The van der Waals surface area contributed by atoms with E-state index in [2.05, 4.69) is 23.7 Å². The van der Waals surface area contributed by atoms with E-state index in [0.29, 0.717) is 5.92 Å². The Bertz CT molecular complexity index is 907. The second-order valence-corrected chi connectivity index (χ2v) is 7.26. The fourth-order valence-electron chi connectivity index (χ4n) is 3.77. The minimum absolute atomic E-state index is 0.0623. The molecule has 4 rings (SSSR count). The molecule has 0 bridgehead atoms. The van der Waals surface area contributed by atoms with Crippen molar-refractivity contribution in [3.8, 4) is 0 Å². The molecule has 0 saturated carbocycles. The van der Waals surface area contributed by atoms with Crippen molar-refractivity contribution in [3.05, 3.63) is 53.0 Å². The molecule has 0 aliphatic carbocycles. The van der Waals surface area contributed by atoms with Crippen molar-refractivity contribution < 1.29 is 4.42 Å². The van der Waals surface area contributed by atoms with Crippen molar-refractivity contribution in [2.75, 3.05) is 13.1 Å². The van der Waals surface area contributed by atoms with Crippen LogP contribution in [0.15, 0.2) is 45.9 Å². The van der Waals surface area contributed by atoms with Gasteiger partial charge in [-0.3, -0.25) is 14.0 Å². The smallest absolute Gasteiger partial charge is 0.330 e. The number of aromatic nitrogens is 3. The summed E-state index contributed by atoms with van der Waals surface area (Å²) in [5, 5.41) is 0. The predicted molar refractivity (Wildman–Crippen MR) is 96.5 cm³/mol. The first-order chi connectivity index (χ1) is 12.1. The molecule has 3 aromatic heterocycles. The lowest BCUT2D eigenvalue weighted by molar-refractivity contribution is 0.286. The van der Waals surface area contributed by atoms with Gasteiger partial charge in [-0.15, -0.1) is 0 Å². The van der Waals surface area contributed by atoms with Crippen LogP contribution in [0.1, 0.15) is 32.1 Å². The Labute approximate surface area is 146 Å². The quantitative estimate of drug-likeness (QED) is 0.717. The number of fused-ring (bicyclic) bond motifs is 1. The molecule has 1 saturated heterocycles. The van der Waals surface area contributed by atoms with Gasteiger partial charge in [0.25, 0.3) is 0 Å². The Morgan fingerprint density at radius 2 is 2.20 bits per heavy atom. The molecule has 0 aromatic carbocycles. The van der Waals surface area contributed by atoms with E-state index < -0.39 is 0 Å². The zero-order chi connectivity index (χ0) is 17.4. The number of hydrogen-bond acceptors (Lipinski definition) is 4. The van der Waals surface area contributed by atoms with E-state index in [9.17, 15) is 4.79 Å². The Hall–Kier alpha value is -2.34. The van der Waals surface area contributed by atoms with Gasteiger partial charge in [0.1, 0.15) is 5.76 Å². The Morgan fingerprint density at radius 3 is 2.96 bits per heavy atom. The molecule has 6 heteroatoms. The summed E-state index contributed by atoms with van der Waals surface area (Å²) in [6, 6.07) is 7.97. The van der Waals surface area contributed by atoms with E-state index in [4.69, 9.17) is 4.42 Å². The first-order valence-corrected chi connectivity index (χ1v) is 8.94. The number of rotatable bonds is 5. The maximum Gasteiger partial charge on any atom is 0.330 e. The first-order valence-electron chi connectivity index (χ1n) is 8.94. The van der Waals surface area contributed by atoms with Crippen LogP contribution in [0.3, 0.4) is 0 Å². The van der Waals surface area contributed by atoms with Crippen LogP contribution in [0.25, 0.3) is 11.2 Å². The molecule has 1 aliphatic rings. The summed E-state index contributed by atoms with van der Waals surface area (Å²) in [5.74, 6) is 1.38. The van der Waals surface area contributed by atoms with Gasteiger partial charge in [-0.05, 0) is 36.6 Å². The largest absolute Gasteiger partial charge is 0.468 e. The van der Waals surface area contributed by atoms with Gasteiger partial charge >= 0.3 is 5.69 Å². The van der Waals surface area contributed by atoms with Crippen molar-refractivity contribution in [2.45, 2.75) is 39.4 Å². The molecule has 0 N–H and O–H groups in total. The van der Waals surface area contributed by atoms with E-state index in [1.165, 1.54) is 0 Å². The Morgan fingerprint density at radius 1 is 1.32 bits per heavy atom. The molecule has 132 valence electrons. The lowest BCUT2D eigenvalue weighted by Crippen LogP contribution is -2.30. The third-order valence-corrected chi connectivity index (χ3v) is 4.84. The van der Waals surface area contributed by atoms with Gasteiger partial charge < -0.3 is 4.42 Å². The molecule has 0 radical (unpaired) electrons. The average molecular weight is 340 g/mol. The molecule has 3 aromatic rings. The van der Waals surface area contributed by atoms with Crippen molar-refractivity contribution >= 4 is 11.2 Å². The zero-order valence-corrected chi connectivity index (χ0v) is 14.8. The van der Waals surface area contributed by atoms with E-state index in [-0.39, 0.29) is 11.7 Å². The van der Waals surface area contributed by atoms with Crippen molar-refractivity contribution in [1.82, 2.24) is 19.0 Å². The van der Waals surface area contributed by atoms with E-state index in [0.717, 1.165) is 49.5 Å². The number of imidazole rings is 1. The van der Waals surface area contributed by atoms with Crippen LogP contribution in [0.4, 0.5) is 0 Å². The molecule has 1 fully saturated rings. The summed E-state index contributed by atoms with van der Waals surface area (Å²) in [5.41, 5.74) is 1.80. The normalized spacial score (nSPS) is 18.6. The molecular formula is C19H24N4O2. The summed E-state index contributed by atoms with van der Waals surface area (Å²) in [6.07, 6.45) is 4.43. The molecule has 25 heavy (non-hydrogen) atoms. The lowest BCUT2D eigenvalue weighted by Gasteiger charge is -2.15. The fraction of sp³-hybridized carbons (Fsp3) is 0.474. The summed E-state index contributed by atoms with van der Waals surface area (Å²) >= 11 is 0. The third kappa shape index (κ3) is 3.02. The van der Waals surface area contributed by atoms with Crippen LogP contribution >= 0.6 is 0 Å². The fourth-order valence-corrected chi connectivity index (χ4v) is 3.77. The summed E-state index contributed by atoms with van der Waals surface area (Å²) in [4.78, 5) is 19.9. The number of furan rings is 1. The Balaban J connectivity index is 1.65. The van der Waals surface area contributed by atoms with Crippen LogP contribution in [0.5, 0.6) is 0 Å². The van der Waals surface area contributed by atoms with E-state index >= 15 is 0 Å². The van der Waals surface area contributed by atoms with Gasteiger partial charge in [0.15, 0.2) is 5.65 Å². The highest BCUT2D eigenvalue weighted by atomic mass is 16.3. The summed E-state index contributed by atoms with van der Waals surface area (Å²) in [6.45, 7) is 7.58. The average Bonchev–Trinajstić information content (AvgIpc) is 3.30. The highest BCUT2D eigenvalue weighted by molar-refractivity contribution is 5.71. The van der Waals surface area contributed by atoms with E-state index in [1.54, 1.807) is 12.5 Å². The SMILES string of the molecule is CC(C)Cn1c(=O)n([C@@H]2CCN(Cc3ccco3)C2)c2ncccc21. The van der Waals surface area contributed by atoms with Crippen LogP contribution in [-0.2, 0) is 13.1 Å². The van der Waals surface area contributed by atoms with Crippen LogP contribution < -0.4 is 5.69 Å². The molecule has 0 unspecified atom stereocenters. The topological polar surface area (TPSA) is 56.2 Å². The molecule has 0 spiro atoms. The summed E-state index contributed by atoms with van der Waals surface area (Å²) in [7, 11) is 0. The van der Waals surface area contributed by atoms with Gasteiger partial charge in [0.2, 0.25) is 0 Å². The minimum atomic E-state index is 0.0623. The minimum Gasteiger partial charge on any atom is -0.468 e. The predicted octanol–water partition coefficient (Wildman–Crippen LogP) is 2.89. The molecular weight excluding hydrogens is 316 g/mol. The molecule has 4 heterocycles. The lowest BCUT2D eigenvalue weighted by atomic mass is 10.2. The van der Waals surface area contributed by atoms with Gasteiger partial charge in [-0.25, -0.2) is 9.78 Å². The second kappa shape index (κ2) is 6.52. The molecule has 6 nitrogen and oxygen atoms in total. The zero-order valence-electron chi connectivity index (χ0n) is 14.8. The highest BCUT2D eigenvalue weighted by Crippen LogP contribution is 2.25. The van der Waals surface area contributed by atoms with Crippen LogP contribution in [0, 0.1) is 5.92 Å². The molecule has 1 atom stereocenters. The van der Waals surface area contributed by atoms with Gasteiger partial charge in [0, 0.05) is 25.8 Å². The van der Waals surface area contributed by atoms with Crippen LogP contribution in [0.2, 0.25) is 0 Å². The van der Waals surface area contributed by atoms with Crippen molar-refractivity contribution in [1.29, 1.82) is 0 Å². The third-order valence-electron chi connectivity index (χ3n) is 4.84. The Kier molecular flexibility index (Phi) is 4.21. The maximum atomic E-state index is 13.1. The van der Waals surface area contributed by atoms with E-state index in [1.807, 2.05) is 33.4 Å². The maximum absolute atomic E-state index is 13.1. The number of pyridine rings is 1. The number of nitrogens with zero attached hydrogens (tertiary/aromatic N) is 4. The van der Waals surface area contributed by atoms with Crippen molar-refractivity contribution in [3.63, 3.8) is 0 Å². The number of hydrogen-bond donors (Lipinski definition) is 0. The van der Waals surface area contributed by atoms with Gasteiger partial charge in [-0.1, -0.05) is 13.8 Å². The number of likely N-dealkylation sites (tertiary alicyclic amines) is 1. The molecule has 1 aliphatic heterocycles. The van der Waals surface area contributed by atoms with Crippen molar-refractivity contribution in [2.24, 2.45) is 5.92 Å². The standard InChI is InChI=1S/C19H24N4O2/c1-14(2)11-22-17-6-3-8-20-18(17)23(19(22)24)15-7-9-21(12-15)13-16-5-4-10-25-16/h3-6,8,10,14-15H,7,9,11-13H2,1-2H3/t15-/m1/s1. The monoisotopic (exact) mass is 340 g/mol. The van der Waals surface area contributed by atoms with Gasteiger partial charge in [-0.2, -0.15) is 0 Å². The van der Waals surface area contributed by atoms with Gasteiger partial charge in [0.05, 0.1) is 24.4 Å². The second-order valence-electron chi connectivity index (χ2n) is 7.26. The summed E-state index contributed by atoms with van der Waals surface area (Å²) < 4.78 is 9.23. The van der Waals surface area contributed by atoms with Crippen LogP contribution in [-0.4, -0.2) is 32.1 Å². The highest BCUT2D eigenvalue weighted by Gasteiger charge is 2.28. The first kappa shape index (κ1) is 16.1.